The third-order valence-electron chi connectivity index (χ3n) is 4.15. The number of aryl methyl sites for hydroxylation is 1. The Bertz CT molecular complexity index is 592. The molecule has 1 aliphatic carbocycles. The number of hydrogen-bond acceptors (Lipinski definition) is 4. The zero-order chi connectivity index (χ0) is 14.3. The van der Waals surface area contributed by atoms with Gasteiger partial charge in [-0.15, -0.1) is 0 Å². The smallest absolute Gasteiger partial charge is 0.264 e. The predicted molar refractivity (Wildman–Crippen MR) is 72.7 cm³/mol. The molecule has 0 unspecified atom stereocenters. The van der Waals surface area contributed by atoms with Crippen LogP contribution in [0.15, 0.2) is 4.79 Å². The molecule has 1 saturated heterocycles. The number of H-pyrrole nitrogens is 1. The Labute approximate surface area is 116 Å². The highest BCUT2D eigenvalue weighted by molar-refractivity contribution is 5.95. The van der Waals surface area contributed by atoms with Crippen LogP contribution in [0.2, 0.25) is 0 Å². The van der Waals surface area contributed by atoms with E-state index in [2.05, 4.69) is 9.97 Å². The number of nitrogens with one attached hydrogen (secondary N) is 1. The molecule has 1 atom stereocenters. The van der Waals surface area contributed by atoms with Crippen LogP contribution in [0.5, 0.6) is 0 Å². The van der Waals surface area contributed by atoms with Crippen molar-refractivity contribution in [2.24, 2.45) is 0 Å². The van der Waals surface area contributed by atoms with Crippen LogP contribution in [0.1, 0.15) is 53.5 Å². The number of likely N-dealkylation sites (tertiary alicyclic amines) is 1. The number of amides is 1. The molecule has 1 aromatic heterocycles. The first-order valence-corrected chi connectivity index (χ1v) is 7.14. The summed E-state index contributed by atoms with van der Waals surface area (Å²) in [5.41, 5.74) is 0.256. The van der Waals surface area contributed by atoms with Crippen molar-refractivity contribution in [3.8, 4) is 0 Å². The predicted octanol–water partition coefficient (Wildman–Crippen LogP) is 0.553. The van der Waals surface area contributed by atoms with Crippen LogP contribution in [-0.2, 0) is 0 Å². The number of aromatic amines is 1. The lowest BCUT2D eigenvalue weighted by atomic mass is 10.1. The molecule has 0 bridgehead atoms. The minimum absolute atomic E-state index is 0.0592. The first kappa shape index (κ1) is 13.3. The molecule has 3 rings (SSSR count). The maximum Gasteiger partial charge on any atom is 0.264 e. The minimum atomic E-state index is -0.354. The van der Waals surface area contributed by atoms with Gasteiger partial charge in [0.25, 0.3) is 11.5 Å². The standard InChI is InChI=1S/C14H19N3O3/c1-8-11(13(19)16-12(15-8)9-4-5-9)14(20)17-6-2-3-10(17)7-18/h9-10,18H,2-7H2,1H3,(H,15,16,19)/t10-/m0/s1. The van der Waals surface area contributed by atoms with Gasteiger partial charge in [0.15, 0.2) is 0 Å². The average molecular weight is 277 g/mol. The summed E-state index contributed by atoms with van der Waals surface area (Å²) < 4.78 is 0. The van der Waals surface area contributed by atoms with Gasteiger partial charge in [0.1, 0.15) is 11.4 Å². The first-order valence-electron chi connectivity index (χ1n) is 7.14. The summed E-state index contributed by atoms with van der Waals surface area (Å²) in [5.74, 6) is 0.738. The second kappa shape index (κ2) is 5.01. The van der Waals surface area contributed by atoms with Crippen molar-refractivity contribution in [3.05, 3.63) is 27.4 Å². The van der Waals surface area contributed by atoms with E-state index >= 15 is 0 Å². The van der Waals surface area contributed by atoms with Crippen molar-refractivity contribution in [2.45, 2.75) is 44.6 Å². The number of carbonyl (C=O) groups is 1. The normalized spacial score (nSPS) is 22.3. The zero-order valence-electron chi connectivity index (χ0n) is 11.6. The maximum absolute atomic E-state index is 12.5. The number of aromatic nitrogens is 2. The highest BCUT2D eigenvalue weighted by Crippen LogP contribution is 2.37. The number of aliphatic hydroxyl groups is 1. The SMILES string of the molecule is Cc1nc(C2CC2)[nH]c(=O)c1C(=O)N1CCC[C@H]1CO. The quantitative estimate of drug-likeness (QED) is 0.845. The summed E-state index contributed by atoms with van der Waals surface area (Å²) in [4.78, 5) is 33.4. The fraction of sp³-hybridized carbons (Fsp3) is 0.643. The van der Waals surface area contributed by atoms with E-state index in [4.69, 9.17) is 0 Å². The van der Waals surface area contributed by atoms with Gasteiger partial charge >= 0.3 is 0 Å². The summed E-state index contributed by atoms with van der Waals surface area (Å²) in [6.45, 7) is 2.24. The summed E-state index contributed by atoms with van der Waals surface area (Å²) in [6, 6.07) is -0.176. The number of rotatable bonds is 3. The Hall–Kier alpha value is -1.69. The molecule has 6 nitrogen and oxygen atoms in total. The molecular weight excluding hydrogens is 258 g/mol. The lowest BCUT2D eigenvalue weighted by molar-refractivity contribution is 0.0674. The summed E-state index contributed by atoms with van der Waals surface area (Å²) in [7, 11) is 0. The highest BCUT2D eigenvalue weighted by Gasteiger charge is 2.33. The minimum Gasteiger partial charge on any atom is -0.394 e. The average Bonchev–Trinajstić information content (AvgIpc) is 3.15. The Kier molecular flexibility index (Phi) is 3.33. The van der Waals surface area contributed by atoms with Crippen LogP contribution in [-0.4, -0.2) is 45.1 Å². The van der Waals surface area contributed by atoms with E-state index in [9.17, 15) is 14.7 Å². The molecule has 1 amide bonds. The van der Waals surface area contributed by atoms with Gasteiger partial charge in [0.2, 0.25) is 0 Å². The molecule has 108 valence electrons. The van der Waals surface area contributed by atoms with Crippen molar-refractivity contribution < 1.29 is 9.90 Å². The fourth-order valence-electron chi connectivity index (χ4n) is 2.85. The molecule has 2 fully saturated rings. The molecular formula is C14H19N3O3. The van der Waals surface area contributed by atoms with E-state index in [1.54, 1.807) is 11.8 Å². The molecule has 1 saturated carbocycles. The highest BCUT2D eigenvalue weighted by atomic mass is 16.3. The Morgan fingerprint density at radius 3 is 2.80 bits per heavy atom. The third-order valence-corrected chi connectivity index (χ3v) is 4.15. The van der Waals surface area contributed by atoms with Gasteiger partial charge in [0.05, 0.1) is 18.3 Å². The van der Waals surface area contributed by atoms with E-state index in [1.165, 1.54) is 0 Å². The number of nitrogens with zero attached hydrogens (tertiary/aromatic N) is 2. The van der Waals surface area contributed by atoms with Gasteiger partial charge in [0, 0.05) is 12.5 Å². The Balaban J connectivity index is 1.93. The van der Waals surface area contributed by atoms with E-state index in [0.717, 1.165) is 25.7 Å². The van der Waals surface area contributed by atoms with Crippen LogP contribution in [0, 0.1) is 6.92 Å². The molecule has 0 radical (unpaired) electrons. The summed E-state index contributed by atoms with van der Waals surface area (Å²) in [6.07, 6.45) is 3.75. The zero-order valence-corrected chi connectivity index (χ0v) is 11.6. The molecule has 1 aromatic rings. The van der Waals surface area contributed by atoms with Gasteiger partial charge in [-0.2, -0.15) is 0 Å². The van der Waals surface area contributed by atoms with Crippen molar-refractivity contribution in [1.29, 1.82) is 0 Å². The largest absolute Gasteiger partial charge is 0.394 e. The van der Waals surface area contributed by atoms with E-state index in [-0.39, 0.29) is 29.7 Å². The van der Waals surface area contributed by atoms with Gasteiger partial charge < -0.3 is 15.0 Å². The monoisotopic (exact) mass is 277 g/mol. The van der Waals surface area contributed by atoms with Crippen LogP contribution in [0.25, 0.3) is 0 Å². The summed E-state index contributed by atoms with van der Waals surface area (Å²) in [5, 5.41) is 9.30. The second-order valence-corrected chi connectivity index (χ2v) is 5.66. The third kappa shape index (κ3) is 2.24. The second-order valence-electron chi connectivity index (χ2n) is 5.66. The molecule has 0 aromatic carbocycles. The molecule has 0 spiro atoms. The van der Waals surface area contributed by atoms with E-state index < -0.39 is 0 Å². The molecule has 20 heavy (non-hydrogen) atoms. The van der Waals surface area contributed by atoms with E-state index in [0.29, 0.717) is 24.0 Å². The molecule has 2 heterocycles. The molecule has 6 heteroatoms. The lowest BCUT2D eigenvalue weighted by Crippen LogP contribution is -2.41. The number of carbonyl (C=O) groups excluding carboxylic acids is 1. The van der Waals surface area contributed by atoms with Crippen LogP contribution >= 0.6 is 0 Å². The Morgan fingerprint density at radius 2 is 2.20 bits per heavy atom. The van der Waals surface area contributed by atoms with Crippen molar-refractivity contribution >= 4 is 5.91 Å². The Morgan fingerprint density at radius 1 is 1.45 bits per heavy atom. The van der Waals surface area contributed by atoms with E-state index in [1.807, 2.05) is 0 Å². The summed E-state index contributed by atoms with van der Waals surface area (Å²) >= 11 is 0. The van der Waals surface area contributed by atoms with Gasteiger partial charge in [-0.25, -0.2) is 4.98 Å². The van der Waals surface area contributed by atoms with Crippen LogP contribution in [0.3, 0.4) is 0 Å². The van der Waals surface area contributed by atoms with Crippen LogP contribution in [0.4, 0.5) is 0 Å². The number of hydrogen-bond donors (Lipinski definition) is 2. The lowest BCUT2D eigenvalue weighted by Gasteiger charge is -2.23. The number of aliphatic hydroxyl groups excluding tert-OH is 1. The van der Waals surface area contributed by atoms with Crippen molar-refractivity contribution in [1.82, 2.24) is 14.9 Å². The van der Waals surface area contributed by atoms with Crippen LogP contribution < -0.4 is 5.56 Å². The topological polar surface area (TPSA) is 86.3 Å². The van der Waals surface area contributed by atoms with Gasteiger partial charge in [-0.3, -0.25) is 9.59 Å². The van der Waals surface area contributed by atoms with Gasteiger partial charge in [-0.05, 0) is 32.6 Å². The van der Waals surface area contributed by atoms with Gasteiger partial charge in [-0.1, -0.05) is 0 Å². The molecule has 2 aliphatic rings. The molecule has 2 N–H and O–H groups in total. The maximum atomic E-state index is 12.5. The molecule has 1 aliphatic heterocycles. The van der Waals surface area contributed by atoms with Crippen molar-refractivity contribution in [3.63, 3.8) is 0 Å². The fourth-order valence-corrected chi connectivity index (χ4v) is 2.85. The van der Waals surface area contributed by atoms with Crippen molar-refractivity contribution in [2.75, 3.05) is 13.2 Å². The first-order chi connectivity index (χ1) is 9.61.